The Morgan fingerprint density at radius 1 is 1.24 bits per heavy atom. The third kappa shape index (κ3) is 5.48. The van der Waals surface area contributed by atoms with Gasteiger partial charge in [0.15, 0.2) is 0 Å². The van der Waals surface area contributed by atoms with Crippen LogP contribution in [0, 0.1) is 5.92 Å². The van der Waals surface area contributed by atoms with Crippen molar-refractivity contribution in [2.45, 2.75) is 12.8 Å². The fourth-order valence-corrected chi connectivity index (χ4v) is 1.83. The molecule has 0 bridgehead atoms. The molecule has 0 spiro atoms. The smallest absolute Gasteiger partial charge is 0.223 e. The van der Waals surface area contributed by atoms with E-state index >= 15 is 0 Å². The molecule has 0 aromatic rings. The average molecular weight is 244 g/mol. The standard InChI is InChI=1S/C12H24N2O3/c1-16-6-3-4-14(5-7-17-2)12(15)8-11-9-13-10-11/h11,13H,3-10H2,1-2H3. The molecule has 0 atom stereocenters. The first-order valence-corrected chi connectivity index (χ1v) is 6.24. The van der Waals surface area contributed by atoms with Gasteiger partial charge < -0.3 is 19.7 Å². The van der Waals surface area contributed by atoms with Gasteiger partial charge in [0.1, 0.15) is 0 Å². The van der Waals surface area contributed by atoms with E-state index in [2.05, 4.69) is 5.32 Å². The van der Waals surface area contributed by atoms with Gasteiger partial charge in [-0.15, -0.1) is 0 Å². The van der Waals surface area contributed by atoms with E-state index in [0.717, 1.165) is 26.1 Å². The van der Waals surface area contributed by atoms with Crippen LogP contribution >= 0.6 is 0 Å². The first kappa shape index (κ1) is 14.4. The maximum absolute atomic E-state index is 12.0. The highest BCUT2D eigenvalue weighted by Gasteiger charge is 2.23. The van der Waals surface area contributed by atoms with E-state index in [4.69, 9.17) is 9.47 Å². The zero-order valence-corrected chi connectivity index (χ0v) is 10.9. The lowest BCUT2D eigenvalue weighted by Gasteiger charge is -2.30. The van der Waals surface area contributed by atoms with E-state index in [0.29, 0.717) is 32.1 Å². The van der Waals surface area contributed by atoms with E-state index in [9.17, 15) is 4.79 Å². The number of carbonyl (C=O) groups excluding carboxylic acids is 1. The Labute approximate surface area is 103 Å². The highest BCUT2D eigenvalue weighted by atomic mass is 16.5. The highest BCUT2D eigenvalue weighted by molar-refractivity contribution is 5.76. The first-order valence-electron chi connectivity index (χ1n) is 6.24. The lowest BCUT2D eigenvalue weighted by atomic mass is 9.98. The Bertz CT molecular complexity index is 220. The third-order valence-electron chi connectivity index (χ3n) is 3.02. The molecule has 0 unspecified atom stereocenters. The van der Waals surface area contributed by atoms with Crippen molar-refractivity contribution < 1.29 is 14.3 Å². The molecule has 100 valence electrons. The molecule has 0 aromatic carbocycles. The Morgan fingerprint density at radius 2 is 1.94 bits per heavy atom. The molecule has 0 saturated carbocycles. The summed E-state index contributed by atoms with van der Waals surface area (Å²) in [5.74, 6) is 0.764. The van der Waals surface area contributed by atoms with Crippen molar-refractivity contribution in [1.29, 1.82) is 0 Å². The molecule has 0 aliphatic carbocycles. The second-order valence-corrected chi connectivity index (χ2v) is 4.45. The summed E-state index contributed by atoms with van der Waals surface area (Å²) in [6, 6.07) is 0. The van der Waals surface area contributed by atoms with Crippen LogP contribution < -0.4 is 5.32 Å². The molecule has 0 aromatic heterocycles. The second kappa shape index (κ2) is 8.44. The molecular weight excluding hydrogens is 220 g/mol. The quantitative estimate of drug-likeness (QED) is 0.585. The molecule has 1 amide bonds. The van der Waals surface area contributed by atoms with Crippen LogP contribution in [0.5, 0.6) is 0 Å². The minimum atomic E-state index is 0.240. The molecule has 1 heterocycles. The Kier molecular flexibility index (Phi) is 7.16. The number of carbonyl (C=O) groups is 1. The van der Waals surface area contributed by atoms with Gasteiger partial charge in [-0.25, -0.2) is 0 Å². The van der Waals surface area contributed by atoms with Crippen LogP contribution in [-0.4, -0.2) is 64.4 Å². The number of amides is 1. The summed E-state index contributed by atoms with van der Waals surface area (Å²) in [7, 11) is 3.34. The van der Waals surface area contributed by atoms with Gasteiger partial charge in [0.25, 0.3) is 0 Å². The van der Waals surface area contributed by atoms with E-state index in [1.165, 1.54) is 0 Å². The topological polar surface area (TPSA) is 50.8 Å². The minimum Gasteiger partial charge on any atom is -0.385 e. The van der Waals surface area contributed by atoms with Crippen molar-refractivity contribution in [3.63, 3.8) is 0 Å². The summed E-state index contributed by atoms with van der Waals surface area (Å²) >= 11 is 0. The Morgan fingerprint density at radius 3 is 2.47 bits per heavy atom. The van der Waals surface area contributed by atoms with Gasteiger partial charge in [-0.1, -0.05) is 0 Å². The van der Waals surface area contributed by atoms with Gasteiger partial charge >= 0.3 is 0 Å². The lowest BCUT2D eigenvalue weighted by molar-refractivity contribution is -0.133. The fourth-order valence-electron chi connectivity index (χ4n) is 1.83. The molecule has 17 heavy (non-hydrogen) atoms. The normalized spacial score (nSPS) is 15.6. The molecule has 1 fully saturated rings. The number of rotatable bonds is 9. The summed E-state index contributed by atoms with van der Waals surface area (Å²) in [4.78, 5) is 13.9. The van der Waals surface area contributed by atoms with Crippen LogP contribution in [0.4, 0.5) is 0 Å². The average Bonchev–Trinajstić information content (AvgIpc) is 2.28. The maximum atomic E-state index is 12.0. The van der Waals surface area contributed by atoms with Crippen LogP contribution in [0.25, 0.3) is 0 Å². The molecule has 1 aliphatic heterocycles. The van der Waals surface area contributed by atoms with Crippen molar-refractivity contribution in [3.8, 4) is 0 Å². The summed E-state index contributed by atoms with van der Waals surface area (Å²) in [5, 5.41) is 3.19. The highest BCUT2D eigenvalue weighted by Crippen LogP contribution is 2.10. The molecule has 0 radical (unpaired) electrons. The molecule has 1 saturated heterocycles. The fraction of sp³-hybridized carbons (Fsp3) is 0.917. The van der Waals surface area contributed by atoms with Crippen molar-refractivity contribution in [2.24, 2.45) is 5.92 Å². The third-order valence-corrected chi connectivity index (χ3v) is 3.02. The zero-order valence-electron chi connectivity index (χ0n) is 10.9. The number of nitrogens with zero attached hydrogens (tertiary/aromatic N) is 1. The van der Waals surface area contributed by atoms with E-state index in [-0.39, 0.29) is 5.91 Å². The van der Waals surface area contributed by atoms with Crippen molar-refractivity contribution in [3.05, 3.63) is 0 Å². The van der Waals surface area contributed by atoms with Crippen molar-refractivity contribution in [1.82, 2.24) is 10.2 Å². The van der Waals surface area contributed by atoms with Gasteiger partial charge in [-0.05, 0) is 25.4 Å². The lowest BCUT2D eigenvalue weighted by Crippen LogP contribution is -2.46. The maximum Gasteiger partial charge on any atom is 0.223 e. The monoisotopic (exact) mass is 244 g/mol. The van der Waals surface area contributed by atoms with Gasteiger partial charge in [-0.3, -0.25) is 4.79 Å². The minimum absolute atomic E-state index is 0.240. The number of hydrogen-bond acceptors (Lipinski definition) is 4. The number of ether oxygens (including phenoxy) is 2. The largest absolute Gasteiger partial charge is 0.385 e. The Balaban J connectivity index is 2.27. The SMILES string of the molecule is COCCCN(CCOC)C(=O)CC1CNC1. The summed E-state index contributed by atoms with van der Waals surface area (Å²) in [5.41, 5.74) is 0. The first-order chi connectivity index (χ1) is 8.27. The van der Waals surface area contributed by atoms with Crippen LogP contribution in [0.2, 0.25) is 0 Å². The van der Waals surface area contributed by atoms with E-state index in [1.54, 1.807) is 14.2 Å². The van der Waals surface area contributed by atoms with Crippen molar-refractivity contribution >= 4 is 5.91 Å². The molecule has 1 rings (SSSR count). The van der Waals surface area contributed by atoms with Gasteiger partial charge in [-0.2, -0.15) is 0 Å². The zero-order chi connectivity index (χ0) is 12.5. The predicted octanol–water partition coefficient (Wildman–Crippen LogP) is 0.107. The molecule has 1 N–H and O–H groups in total. The number of nitrogens with one attached hydrogen (secondary N) is 1. The van der Waals surface area contributed by atoms with Gasteiger partial charge in [0, 0.05) is 40.3 Å². The van der Waals surface area contributed by atoms with Crippen LogP contribution in [0.3, 0.4) is 0 Å². The molecule has 5 heteroatoms. The van der Waals surface area contributed by atoms with Crippen LogP contribution in [0.15, 0.2) is 0 Å². The van der Waals surface area contributed by atoms with Gasteiger partial charge in [0.2, 0.25) is 5.91 Å². The predicted molar refractivity (Wildman–Crippen MR) is 65.9 cm³/mol. The molecule has 5 nitrogen and oxygen atoms in total. The molecular formula is C12H24N2O3. The molecule has 1 aliphatic rings. The van der Waals surface area contributed by atoms with Crippen LogP contribution in [-0.2, 0) is 14.3 Å². The van der Waals surface area contributed by atoms with Gasteiger partial charge in [0.05, 0.1) is 6.61 Å². The summed E-state index contributed by atoms with van der Waals surface area (Å²) in [6.45, 7) is 4.68. The Hall–Kier alpha value is -0.650. The number of methoxy groups -OCH3 is 2. The van der Waals surface area contributed by atoms with E-state index in [1.807, 2.05) is 4.90 Å². The number of hydrogen-bond donors (Lipinski definition) is 1. The summed E-state index contributed by atoms with van der Waals surface area (Å²) in [6.07, 6.45) is 1.54. The summed E-state index contributed by atoms with van der Waals surface area (Å²) < 4.78 is 10.0. The van der Waals surface area contributed by atoms with E-state index < -0.39 is 0 Å². The second-order valence-electron chi connectivity index (χ2n) is 4.45. The van der Waals surface area contributed by atoms with Crippen molar-refractivity contribution in [2.75, 3.05) is 53.6 Å². The van der Waals surface area contributed by atoms with Crippen LogP contribution in [0.1, 0.15) is 12.8 Å².